The maximum absolute atomic E-state index is 13.5. The number of thiazole rings is 1. The Bertz CT molecular complexity index is 1730. The van der Waals surface area contributed by atoms with E-state index in [1.54, 1.807) is 30.3 Å². The highest BCUT2D eigenvalue weighted by Gasteiger charge is 2.48. The van der Waals surface area contributed by atoms with E-state index in [4.69, 9.17) is 9.47 Å². The smallest absolute Gasteiger partial charge is 0.301 e. The van der Waals surface area contributed by atoms with Gasteiger partial charge in [0.15, 0.2) is 5.13 Å². The molecule has 2 atom stereocenters. The van der Waals surface area contributed by atoms with Crippen molar-refractivity contribution in [3.8, 4) is 11.5 Å². The maximum atomic E-state index is 13.5. The molecule has 1 fully saturated rings. The monoisotopic (exact) mass is 557 g/mol. The van der Waals surface area contributed by atoms with Gasteiger partial charge in [0.05, 0.1) is 33.4 Å². The minimum Gasteiger partial charge on any atom is -0.507 e. The number of rotatable bonds is 6. The summed E-state index contributed by atoms with van der Waals surface area (Å²) in [6.07, 6.45) is 0.631. The molecule has 10 nitrogen and oxygen atoms in total. The van der Waals surface area contributed by atoms with Crippen LogP contribution in [0.5, 0.6) is 11.5 Å². The van der Waals surface area contributed by atoms with Crippen LogP contribution in [0, 0.1) is 10.1 Å². The Morgan fingerprint density at radius 2 is 1.95 bits per heavy atom. The van der Waals surface area contributed by atoms with E-state index >= 15 is 0 Å². The van der Waals surface area contributed by atoms with Crippen LogP contribution in [0.1, 0.15) is 36.6 Å². The lowest BCUT2D eigenvalue weighted by molar-refractivity contribution is -0.384. The number of ether oxygens (including phenoxy) is 2. The number of fused-ring (bicyclic) bond motifs is 2. The predicted octanol–water partition coefficient (Wildman–Crippen LogP) is 5.55. The predicted molar refractivity (Wildman–Crippen MR) is 149 cm³/mol. The summed E-state index contributed by atoms with van der Waals surface area (Å²) in [4.78, 5) is 43.7. The van der Waals surface area contributed by atoms with Gasteiger partial charge in [0, 0.05) is 24.1 Å². The normalized spacial score (nSPS) is 19.6. The number of hydrogen-bond acceptors (Lipinski definition) is 9. The molecule has 0 bridgehead atoms. The fourth-order valence-corrected chi connectivity index (χ4v) is 6.12. The number of aromatic nitrogens is 1. The number of anilines is 1. The van der Waals surface area contributed by atoms with E-state index in [1.807, 2.05) is 19.9 Å². The van der Waals surface area contributed by atoms with Crippen molar-refractivity contribution < 1.29 is 29.1 Å². The first-order chi connectivity index (χ1) is 19.2. The highest BCUT2D eigenvalue weighted by molar-refractivity contribution is 7.22. The molecule has 0 radical (unpaired) electrons. The molecule has 0 aliphatic carbocycles. The van der Waals surface area contributed by atoms with Crippen molar-refractivity contribution in [2.24, 2.45) is 0 Å². The van der Waals surface area contributed by atoms with E-state index in [-0.39, 0.29) is 28.3 Å². The number of Topliss-reactive ketones (excluding diaryl/α,β-unsaturated/α-hetero) is 1. The molecular weight excluding hydrogens is 534 g/mol. The van der Waals surface area contributed by atoms with Crippen LogP contribution in [0.3, 0.4) is 0 Å². The average molecular weight is 558 g/mol. The molecule has 4 aromatic rings. The Hall–Kier alpha value is -4.77. The van der Waals surface area contributed by atoms with Crippen molar-refractivity contribution in [2.75, 3.05) is 11.5 Å². The standard InChI is InChI=1S/C29H23N3O7S/c1-3-38-20-9-10-21-23(14-20)40-29(30-21)31-25(16-4-7-19(8-5-16)32(36)37)24(27(34)28(31)35)26(33)17-6-11-22-18(13-17)12-15(2)39-22/h4-11,13-15,25,33H,3,12H2,1-2H3/t15-,25+/m0/s1. The summed E-state index contributed by atoms with van der Waals surface area (Å²) < 4.78 is 12.1. The average Bonchev–Trinajstić information content (AvgIpc) is 3.60. The fraction of sp³-hybridized carbons (Fsp3) is 0.207. The Morgan fingerprint density at radius 3 is 2.67 bits per heavy atom. The summed E-state index contributed by atoms with van der Waals surface area (Å²) in [5.41, 5.74) is 2.01. The van der Waals surface area contributed by atoms with Crippen molar-refractivity contribution in [3.05, 3.63) is 93.0 Å². The van der Waals surface area contributed by atoms with Crippen LogP contribution in [-0.2, 0) is 16.0 Å². The summed E-state index contributed by atoms with van der Waals surface area (Å²) in [6, 6.07) is 15.0. The van der Waals surface area contributed by atoms with Crippen LogP contribution in [0.4, 0.5) is 10.8 Å². The van der Waals surface area contributed by atoms with Crippen molar-refractivity contribution in [2.45, 2.75) is 32.4 Å². The number of benzene rings is 3. The number of hydrogen-bond donors (Lipinski definition) is 1. The number of aliphatic hydroxyl groups is 1. The third-order valence-electron chi connectivity index (χ3n) is 6.90. The maximum Gasteiger partial charge on any atom is 0.301 e. The van der Waals surface area contributed by atoms with Gasteiger partial charge in [-0.15, -0.1) is 0 Å². The molecule has 3 aromatic carbocycles. The number of nitro groups is 1. The van der Waals surface area contributed by atoms with Gasteiger partial charge in [0.25, 0.3) is 11.5 Å². The number of aliphatic hydroxyl groups excluding tert-OH is 1. The number of carbonyl (C=O) groups excluding carboxylic acids is 2. The molecule has 1 saturated heterocycles. The second-order valence-electron chi connectivity index (χ2n) is 9.53. The Balaban J connectivity index is 1.51. The summed E-state index contributed by atoms with van der Waals surface area (Å²) in [7, 11) is 0. The Labute approximate surface area is 232 Å². The zero-order chi connectivity index (χ0) is 28.1. The Kier molecular flexibility index (Phi) is 6.22. The number of amides is 1. The van der Waals surface area contributed by atoms with Crippen LogP contribution >= 0.6 is 11.3 Å². The molecule has 2 aliphatic heterocycles. The SMILES string of the molecule is CCOc1ccc2nc(N3C(=O)C(=O)C(=C(O)c4ccc5c(c4)C[C@H](C)O5)[C@H]3c3ccc([N+](=O)[O-])cc3)sc2c1. The third kappa shape index (κ3) is 4.24. The van der Waals surface area contributed by atoms with Crippen molar-refractivity contribution >= 4 is 49.8 Å². The lowest BCUT2D eigenvalue weighted by atomic mass is 9.94. The largest absolute Gasteiger partial charge is 0.507 e. The van der Waals surface area contributed by atoms with Crippen LogP contribution in [-0.4, -0.2) is 39.4 Å². The first kappa shape index (κ1) is 25.5. The molecule has 6 rings (SSSR count). The number of ketones is 1. The van der Waals surface area contributed by atoms with Gasteiger partial charge >= 0.3 is 5.91 Å². The number of nitro benzene ring substituents is 1. The molecule has 0 spiro atoms. The van der Waals surface area contributed by atoms with Crippen molar-refractivity contribution in [1.29, 1.82) is 0 Å². The molecule has 1 amide bonds. The minimum atomic E-state index is -1.06. The second kappa shape index (κ2) is 9.76. The highest BCUT2D eigenvalue weighted by Crippen LogP contribution is 2.45. The van der Waals surface area contributed by atoms with Crippen LogP contribution < -0.4 is 14.4 Å². The molecule has 202 valence electrons. The quantitative estimate of drug-likeness (QED) is 0.107. The number of nitrogens with zero attached hydrogens (tertiary/aromatic N) is 3. The fourth-order valence-electron chi connectivity index (χ4n) is 5.10. The lowest BCUT2D eigenvalue weighted by Crippen LogP contribution is -2.29. The summed E-state index contributed by atoms with van der Waals surface area (Å²) >= 11 is 1.21. The molecule has 1 N–H and O–H groups in total. The van der Waals surface area contributed by atoms with Crippen molar-refractivity contribution in [1.82, 2.24) is 4.98 Å². The van der Waals surface area contributed by atoms with E-state index in [0.717, 1.165) is 10.3 Å². The molecular formula is C29H23N3O7S. The molecule has 0 saturated carbocycles. The van der Waals surface area contributed by atoms with Gasteiger partial charge in [-0.1, -0.05) is 11.3 Å². The molecule has 40 heavy (non-hydrogen) atoms. The van der Waals surface area contributed by atoms with Gasteiger partial charge in [0.1, 0.15) is 23.4 Å². The van der Waals surface area contributed by atoms with E-state index in [2.05, 4.69) is 4.98 Å². The van der Waals surface area contributed by atoms with Crippen LogP contribution in [0.2, 0.25) is 0 Å². The number of non-ortho nitro benzene ring substituents is 1. The molecule has 1 aromatic heterocycles. The van der Waals surface area contributed by atoms with E-state index in [1.165, 1.54) is 40.5 Å². The van der Waals surface area contributed by atoms with Crippen molar-refractivity contribution in [3.63, 3.8) is 0 Å². The van der Waals surface area contributed by atoms with E-state index in [9.17, 15) is 24.8 Å². The minimum absolute atomic E-state index is 0.0136. The second-order valence-corrected chi connectivity index (χ2v) is 10.5. The summed E-state index contributed by atoms with van der Waals surface area (Å²) in [5.74, 6) is -0.718. The summed E-state index contributed by atoms with van der Waals surface area (Å²) in [5, 5.41) is 23.0. The highest BCUT2D eigenvalue weighted by atomic mass is 32.1. The number of carbonyl (C=O) groups is 2. The van der Waals surface area contributed by atoms with Gasteiger partial charge in [-0.05, 0) is 73.5 Å². The van der Waals surface area contributed by atoms with Gasteiger partial charge < -0.3 is 14.6 Å². The van der Waals surface area contributed by atoms with Gasteiger partial charge in [-0.2, -0.15) is 0 Å². The third-order valence-corrected chi connectivity index (χ3v) is 7.92. The summed E-state index contributed by atoms with van der Waals surface area (Å²) in [6.45, 7) is 4.30. The first-order valence-corrected chi connectivity index (χ1v) is 13.5. The molecule has 11 heteroatoms. The molecule has 3 heterocycles. The van der Waals surface area contributed by atoms with Crippen LogP contribution in [0.25, 0.3) is 16.0 Å². The van der Waals surface area contributed by atoms with Gasteiger partial charge in [-0.25, -0.2) is 4.98 Å². The molecule has 0 unspecified atom stereocenters. The van der Waals surface area contributed by atoms with Gasteiger partial charge in [0.2, 0.25) is 0 Å². The zero-order valence-electron chi connectivity index (χ0n) is 21.5. The zero-order valence-corrected chi connectivity index (χ0v) is 22.3. The van der Waals surface area contributed by atoms with Gasteiger partial charge in [-0.3, -0.25) is 24.6 Å². The lowest BCUT2D eigenvalue weighted by Gasteiger charge is -2.23. The van der Waals surface area contributed by atoms with Crippen LogP contribution in [0.15, 0.2) is 66.2 Å². The van der Waals surface area contributed by atoms with E-state index in [0.29, 0.717) is 41.2 Å². The topological polar surface area (TPSA) is 132 Å². The Morgan fingerprint density at radius 1 is 1.18 bits per heavy atom. The first-order valence-electron chi connectivity index (χ1n) is 12.6. The van der Waals surface area contributed by atoms with E-state index < -0.39 is 22.7 Å². The molecule has 2 aliphatic rings.